The third-order valence-corrected chi connectivity index (χ3v) is 6.81. The van der Waals surface area contributed by atoms with Gasteiger partial charge in [-0.15, -0.1) is 0 Å². The van der Waals surface area contributed by atoms with Gasteiger partial charge in [0, 0.05) is 18.8 Å². The van der Waals surface area contributed by atoms with Crippen molar-refractivity contribution in [2.75, 3.05) is 26.4 Å². The number of aromatic amines is 1. The minimum atomic E-state index is -0.620. The largest absolute Gasteiger partial charge is 0.456 e. The summed E-state index contributed by atoms with van der Waals surface area (Å²) in [6, 6.07) is 10.6. The Bertz CT molecular complexity index is 1110. The number of ether oxygens (including phenoxy) is 4. The van der Waals surface area contributed by atoms with Crippen LogP contribution in [0.4, 0.5) is 0 Å². The van der Waals surface area contributed by atoms with Gasteiger partial charge in [-0.2, -0.15) is 4.98 Å². The van der Waals surface area contributed by atoms with Gasteiger partial charge in [-0.1, -0.05) is 35.9 Å². The van der Waals surface area contributed by atoms with E-state index >= 15 is 0 Å². The highest BCUT2D eigenvalue weighted by atomic mass is 35.5. The van der Waals surface area contributed by atoms with Crippen molar-refractivity contribution in [3.8, 4) is 17.3 Å². The Morgan fingerprint density at radius 2 is 1.81 bits per heavy atom. The van der Waals surface area contributed by atoms with Crippen LogP contribution in [-0.2, 0) is 14.2 Å². The van der Waals surface area contributed by atoms with Gasteiger partial charge in [0.1, 0.15) is 18.3 Å². The van der Waals surface area contributed by atoms with Crippen molar-refractivity contribution >= 4 is 22.8 Å². The molecule has 8 nitrogen and oxygen atoms in total. The van der Waals surface area contributed by atoms with Gasteiger partial charge >= 0.3 is 0 Å². The zero-order valence-electron chi connectivity index (χ0n) is 17.4. The number of rotatable bonds is 4. The lowest BCUT2D eigenvalue weighted by molar-refractivity contribution is 0.00706. The number of fused-ring (bicyclic) bond motifs is 2. The molecule has 0 unspecified atom stereocenters. The number of nitrogens with zero attached hydrogens (tertiary/aromatic N) is 2. The topological polar surface area (TPSA) is 98.7 Å². The van der Waals surface area contributed by atoms with Crippen molar-refractivity contribution < 1.29 is 24.1 Å². The summed E-state index contributed by atoms with van der Waals surface area (Å²) in [5, 5.41) is 10.4. The quantitative estimate of drug-likeness (QED) is 0.621. The molecule has 32 heavy (non-hydrogen) atoms. The van der Waals surface area contributed by atoms with Crippen molar-refractivity contribution in [2.24, 2.45) is 0 Å². The number of benzene rings is 1. The summed E-state index contributed by atoms with van der Waals surface area (Å²) in [5.41, 5.74) is 4.16. The smallest absolute Gasteiger partial charge is 0.296 e. The highest BCUT2D eigenvalue weighted by molar-refractivity contribution is 6.33. The maximum atomic E-state index is 9.90. The van der Waals surface area contributed by atoms with E-state index in [1.807, 2.05) is 6.07 Å². The number of hydrogen-bond acceptors (Lipinski definition) is 7. The first-order valence-electron chi connectivity index (χ1n) is 11.0. The predicted octanol–water partition coefficient (Wildman–Crippen LogP) is 3.08. The van der Waals surface area contributed by atoms with Gasteiger partial charge in [0.15, 0.2) is 11.8 Å². The SMILES string of the molecule is O[C@@H]1CO[C@H]2[C@@H]1OC[C@H]2Oc1nc2nc(-c3ccc(C4CCOCC4)cc3)c(Cl)cc2[nH]1. The minimum absolute atomic E-state index is 0.253. The Morgan fingerprint density at radius 1 is 1.03 bits per heavy atom. The van der Waals surface area contributed by atoms with E-state index in [4.69, 9.17) is 30.5 Å². The molecule has 2 aromatic heterocycles. The molecule has 4 atom stereocenters. The fourth-order valence-electron chi connectivity index (χ4n) is 4.79. The molecular weight excluding hydrogens is 434 g/mol. The van der Waals surface area contributed by atoms with Crippen molar-refractivity contribution in [3.63, 3.8) is 0 Å². The number of nitrogens with one attached hydrogen (secondary N) is 1. The van der Waals surface area contributed by atoms with E-state index in [-0.39, 0.29) is 24.9 Å². The van der Waals surface area contributed by atoms with Gasteiger partial charge in [-0.25, -0.2) is 4.98 Å². The first-order valence-corrected chi connectivity index (χ1v) is 11.4. The number of halogens is 1. The van der Waals surface area contributed by atoms with E-state index in [0.717, 1.165) is 31.6 Å². The van der Waals surface area contributed by atoms with Gasteiger partial charge < -0.3 is 29.0 Å². The van der Waals surface area contributed by atoms with E-state index in [0.29, 0.717) is 40.4 Å². The summed E-state index contributed by atoms with van der Waals surface area (Å²) < 4.78 is 22.7. The maximum Gasteiger partial charge on any atom is 0.296 e. The number of aromatic nitrogens is 3. The van der Waals surface area contributed by atoms with Gasteiger partial charge in [0.25, 0.3) is 6.01 Å². The van der Waals surface area contributed by atoms with Crippen LogP contribution in [0.25, 0.3) is 22.4 Å². The summed E-state index contributed by atoms with van der Waals surface area (Å²) in [5.74, 6) is 0.541. The second-order valence-electron chi connectivity index (χ2n) is 8.56. The number of pyridine rings is 1. The molecule has 3 aliphatic rings. The van der Waals surface area contributed by atoms with Gasteiger partial charge in [0.05, 0.1) is 29.4 Å². The van der Waals surface area contributed by atoms with E-state index in [1.165, 1.54) is 5.56 Å². The van der Waals surface area contributed by atoms with Crippen LogP contribution >= 0.6 is 11.6 Å². The molecule has 3 saturated heterocycles. The molecule has 0 saturated carbocycles. The second kappa shape index (κ2) is 8.28. The fraction of sp³-hybridized carbons (Fsp3) is 0.478. The number of hydrogen-bond donors (Lipinski definition) is 2. The lowest BCUT2D eigenvalue weighted by atomic mass is 9.91. The molecule has 1 aromatic carbocycles. The van der Waals surface area contributed by atoms with E-state index in [1.54, 1.807) is 0 Å². The second-order valence-corrected chi connectivity index (χ2v) is 8.97. The average molecular weight is 458 g/mol. The molecule has 6 rings (SSSR count). The molecule has 168 valence electrons. The van der Waals surface area contributed by atoms with Gasteiger partial charge in [-0.05, 0) is 30.4 Å². The Hall–Kier alpha value is -2.23. The van der Waals surface area contributed by atoms with Crippen molar-refractivity contribution in [1.82, 2.24) is 15.0 Å². The molecule has 0 spiro atoms. The first-order chi connectivity index (χ1) is 15.7. The third-order valence-electron chi connectivity index (χ3n) is 6.53. The minimum Gasteiger partial charge on any atom is -0.456 e. The molecule has 5 heterocycles. The Labute approximate surface area is 189 Å². The Morgan fingerprint density at radius 3 is 2.62 bits per heavy atom. The molecule has 9 heteroatoms. The van der Waals surface area contributed by atoms with E-state index < -0.39 is 6.10 Å². The summed E-state index contributed by atoms with van der Waals surface area (Å²) in [7, 11) is 0. The van der Waals surface area contributed by atoms with Crippen LogP contribution in [0.2, 0.25) is 5.02 Å². The molecule has 0 aliphatic carbocycles. The molecule has 3 aromatic rings. The van der Waals surface area contributed by atoms with Crippen molar-refractivity contribution in [2.45, 2.75) is 43.2 Å². The van der Waals surface area contributed by atoms with Crippen LogP contribution in [0.15, 0.2) is 30.3 Å². The van der Waals surface area contributed by atoms with E-state index in [2.05, 4.69) is 39.2 Å². The number of aliphatic hydroxyl groups excluding tert-OH is 1. The van der Waals surface area contributed by atoms with Crippen LogP contribution < -0.4 is 4.74 Å². The summed E-state index contributed by atoms with van der Waals surface area (Å²) >= 11 is 6.56. The van der Waals surface area contributed by atoms with Gasteiger partial charge in [-0.3, -0.25) is 0 Å². The molecule has 3 fully saturated rings. The van der Waals surface area contributed by atoms with Crippen LogP contribution in [0, 0.1) is 0 Å². The summed E-state index contributed by atoms with van der Waals surface area (Å²) in [6.07, 6.45) is 0.485. The molecule has 0 amide bonds. The summed E-state index contributed by atoms with van der Waals surface area (Å²) in [4.78, 5) is 12.3. The number of imidazole rings is 1. The lowest BCUT2D eigenvalue weighted by Gasteiger charge is -2.22. The van der Waals surface area contributed by atoms with Crippen molar-refractivity contribution in [1.29, 1.82) is 0 Å². The lowest BCUT2D eigenvalue weighted by Crippen LogP contribution is -2.34. The van der Waals surface area contributed by atoms with Crippen LogP contribution in [0.3, 0.4) is 0 Å². The molecule has 0 radical (unpaired) electrons. The zero-order valence-corrected chi connectivity index (χ0v) is 18.1. The molecular formula is C23H24ClN3O5. The predicted molar refractivity (Wildman–Crippen MR) is 117 cm³/mol. The molecule has 2 N–H and O–H groups in total. The number of H-pyrrole nitrogens is 1. The average Bonchev–Trinajstić information content (AvgIpc) is 3.51. The first kappa shape index (κ1) is 20.4. The van der Waals surface area contributed by atoms with Crippen LogP contribution in [0.5, 0.6) is 6.01 Å². The number of aliphatic hydroxyl groups is 1. The zero-order chi connectivity index (χ0) is 21.7. The standard InChI is InChI=1S/C23H24ClN3O5/c24-15-9-16-22(27-23(25-16)32-18-11-31-20-17(28)10-30-21(18)20)26-19(15)14-3-1-12(2-4-14)13-5-7-29-8-6-13/h1-4,9,13,17-18,20-21,28H,5-8,10-11H2,(H,25,26,27)/t17-,18-,20-,21-/m1/s1. The molecule has 0 bridgehead atoms. The van der Waals surface area contributed by atoms with Gasteiger partial charge in [0.2, 0.25) is 0 Å². The maximum absolute atomic E-state index is 9.90. The van der Waals surface area contributed by atoms with E-state index in [9.17, 15) is 5.11 Å². The fourth-order valence-corrected chi connectivity index (χ4v) is 5.05. The van der Waals surface area contributed by atoms with Crippen LogP contribution in [0.1, 0.15) is 24.3 Å². The highest BCUT2D eigenvalue weighted by Crippen LogP contribution is 2.33. The molecule has 3 aliphatic heterocycles. The normalized spacial score (nSPS) is 28.3. The summed E-state index contributed by atoms with van der Waals surface area (Å²) in [6.45, 7) is 2.23. The Kier molecular flexibility index (Phi) is 5.27. The third kappa shape index (κ3) is 3.66. The highest BCUT2D eigenvalue weighted by Gasteiger charge is 2.48. The monoisotopic (exact) mass is 457 g/mol. The van der Waals surface area contributed by atoms with Crippen molar-refractivity contribution in [3.05, 3.63) is 40.9 Å². The Balaban J connectivity index is 1.23. The van der Waals surface area contributed by atoms with Crippen LogP contribution in [-0.4, -0.2) is 70.9 Å².